The first kappa shape index (κ1) is 23.1. The molecule has 1 aliphatic carbocycles. The number of carbonyl (C=O) groups is 1. The van der Waals surface area contributed by atoms with Crippen molar-refractivity contribution in [3.63, 3.8) is 0 Å². The van der Waals surface area contributed by atoms with Gasteiger partial charge in [-0.05, 0) is 68.2 Å². The second-order valence-electron chi connectivity index (χ2n) is 9.29. The summed E-state index contributed by atoms with van der Waals surface area (Å²) < 4.78 is 22.6. The van der Waals surface area contributed by atoms with Crippen LogP contribution in [0.1, 0.15) is 68.2 Å². The molecule has 0 radical (unpaired) electrons. The van der Waals surface area contributed by atoms with Crippen molar-refractivity contribution in [3.05, 3.63) is 0 Å². The van der Waals surface area contributed by atoms with Gasteiger partial charge < -0.3 is 29.4 Å². The molecule has 7 heteroatoms. The van der Waals surface area contributed by atoms with E-state index in [2.05, 4.69) is 5.32 Å². The molecule has 0 saturated heterocycles. The highest BCUT2D eigenvalue weighted by atomic mass is 16.6. The third-order valence-electron chi connectivity index (χ3n) is 3.56. The number of hydrogen-bond donors (Lipinski definition) is 2. The Labute approximate surface area is 157 Å². The molecular weight excluding hydrogens is 338 g/mol. The molecule has 154 valence electrons. The summed E-state index contributed by atoms with van der Waals surface area (Å²) in [5, 5.41) is 12.8. The molecule has 1 rings (SSSR count). The van der Waals surface area contributed by atoms with Crippen molar-refractivity contribution in [2.45, 2.75) is 103 Å². The smallest absolute Gasteiger partial charge is 0.407 e. The van der Waals surface area contributed by atoms with E-state index in [1.54, 1.807) is 13.8 Å². The van der Waals surface area contributed by atoms with Crippen molar-refractivity contribution in [1.82, 2.24) is 5.32 Å². The maximum absolute atomic E-state index is 12.0. The van der Waals surface area contributed by atoms with Crippen molar-refractivity contribution < 1.29 is 28.8 Å². The summed E-state index contributed by atoms with van der Waals surface area (Å²) in [7, 11) is 0. The molecule has 0 heterocycles. The fourth-order valence-corrected chi connectivity index (χ4v) is 2.77. The van der Waals surface area contributed by atoms with Crippen LogP contribution < -0.4 is 5.32 Å². The molecule has 0 aromatic heterocycles. The maximum atomic E-state index is 12.0. The van der Waals surface area contributed by atoms with E-state index in [0.29, 0.717) is 26.1 Å². The Kier molecular flexibility index (Phi) is 7.89. The number of nitrogens with one attached hydrogen (secondary N) is 1. The molecule has 2 N–H and O–H groups in total. The maximum Gasteiger partial charge on any atom is 0.407 e. The van der Waals surface area contributed by atoms with E-state index >= 15 is 0 Å². The minimum atomic E-state index is -1.27. The second kappa shape index (κ2) is 8.87. The van der Waals surface area contributed by atoms with E-state index in [1.165, 1.54) is 0 Å². The van der Waals surface area contributed by atoms with Crippen molar-refractivity contribution >= 4 is 6.09 Å². The SMILES string of the molecule is CC(C)(C)OCCO[C@H]1C[C@@H](NC(=O)OC(C)(C)C)C[C@@H]1OC(C)(C)O. The Morgan fingerprint density at radius 3 is 2.04 bits per heavy atom. The van der Waals surface area contributed by atoms with E-state index in [0.717, 1.165) is 0 Å². The predicted octanol–water partition coefficient (Wildman–Crippen LogP) is 2.99. The van der Waals surface area contributed by atoms with Crippen LogP contribution in [0.4, 0.5) is 4.79 Å². The third kappa shape index (κ3) is 10.3. The fraction of sp³-hybridized carbons (Fsp3) is 0.947. The Morgan fingerprint density at radius 1 is 0.962 bits per heavy atom. The zero-order valence-corrected chi connectivity index (χ0v) is 17.5. The summed E-state index contributed by atoms with van der Waals surface area (Å²) in [5.41, 5.74) is -0.769. The van der Waals surface area contributed by atoms with E-state index in [9.17, 15) is 9.90 Å². The molecular formula is C19H37NO6. The summed E-state index contributed by atoms with van der Waals surface area (Å²) in [6.45, 7) is 15.5. The van der Waals surface area contributed by atoms with E-state index in [-0.39, 0.29) is 23.9 Å². The first-order valence-electron chi connectivity index (χ1n) is 9.30. The molecule has 1 aliphatic rings. The van der Waals surface area contributed by atoms with Gasteiger partial charge in [0.2, 0.25) is 0 Å². The molecule has 0 aromatic carbocycles. The molecule has 0 spiro atoms. The van der Waals surface area contributed by atoms with Gasteiger partial charge in [-0.3, -0.25) is 0 Å². The van der Waals surface area contributed by atoms with Gasteiger partial charge in [-0.1, -0.05) is 0 Å². The summed E-state index contributed by atoms with van der Waals surface area (Å²) in [6, 6.07) is -0.134. The Bertz CT molecular complexity index is 446. The molecule has 0 bridgehead atoms. The zero-order valence-electron chi connectivity index (χ0n) is 17.5. The summed E-state index contributed by atoms with van der Waals surface area (Å²) in [5.74, 6) is -1.27. The van der Waals surface area contributed by atoms with Crippen LogP contribution in [0.2, 0.25) is 0 Å². The number of rotatable bonds is 7. The standard InChI is InChI=1S/C19H37NO6/c1-17(2,3)24-10-9-23-14-11-13(12-15(14)25-19(7,8)22)20-16(21)26-18(4,5)6/h13-15,22H,9-12H2,1-8H3,(H,20,21)/t13-,14+,15+/m1/s1. The lowest BCUT2D eigenvalue weighted by atomic mass is 10.2. The van der Waals surface area contributed by atoms with Crippen LogP contribution in [0.15, 0.2) is 0 Å². The van der Waals surface area contributed by atoms with Gasteiger partial charge in [0, 0.05) is 6.04 Å². The summed E-state index contributed by atoms with van der Waals surface area (Å²) in [6.07, 6.45) is 0.138. The van der Waals surface area contributed by atoms with E-state index in [1.807, 2.05) is 41.5 Å². The number of amides is 1. The number of aliphatic hydroxyl groups is 1. The van der Waals surface area contributed by atoms with Crippen molar-refractivity contribution in [2.75, 3.05) is 13.2 Å². The minimum Gasteiger partial charge on any atom is -0.444 e. The van der Waals surface area contributed by atoms with Gasteiger partial charge in [-0.25, -0.2) is 4.79 Å². The molecule has 0 unspecified atom stereocenters. The van der Waals surface area contributed by atoms with Crippen LogP contribution in [0.3, 0.4) is 0 Å². The minimum absolute atomic E-state index is 0.134. The number of carbonyl (C=O) groups excluding carboxylic acids is 1. The monoisotopic (exact) mass is 375 g/mol. The quantitative estimate of drug-likeness (QED) is 0.525. The highest BCUT2D eigenvalue weighted by molar-refractivity contribution is 5.68. The van der Waals surface area contributed by atoms with Crippen LogP contribution in [0, 0.1) is 0 Å². The lowest BCUT2D eigenvalue weighted by Crippen LogP contribution is -2.38. The van der Waals surface area contributed by atoms with Gasteiger partial charge in [0.15, 0.2) is 5.79 Å². The molecule has 26 heavy (non-hydrogen) atoms. The van der Waals surface area contributed by atoms with Gasteiger partial charge in [0.25, 0.3) is 0 Å². The van der Waals surface area contributed by atoms with Crippen LogP contribution in [0.5, 0.6) is 0 Å². The number of ether oxygens (including phenoxy) is 4. The number of hydrogen-bond acceptors (Lipinski definition) is 6. The largest absolute Gasteiger partial charge is 0.444 e. The average molecular weight is 376 g/mol. The topological polar surface area (TPSA) is 86.3 Å². The van der Waals surface area contributed by atoms with Gasteiger partial charge >= 0.3 is 6.09 Å². The molecule has 1 fully saturated rings. The molecule has 0 aromatic rings. The van der Waals surface area contributed by atoms with E-state index < -0.39 is 17.5 Å². The Morgan fingerprint density at radius 2 is 1.54 bits per heavy atom. The van der Waals surface area contributed by atoms with Crippen molar-refractivity contribution in [3.8, 4) is 0 Å². The van der Waals surface area contributed by atoms with Gasteiger partial charge in [0.1, 0.15) is 5.60 Å². The third-order valence-corrected chi connectivity index (χ3v) is 3.56. The van der Waals surface area contributed by atoms with Crippen LogP contribution in [0.25, 0.3) is 0 Å². The zero-order chi connectivity index (χ0) is 20.2. The van der Waals surface area contributed by atoms with Crippen LogP contribution >= 0.6 is 0 Å². The van der Waals surface area contributed by atoms with Gasteiger partial charge in [-0.15, -0.1) is 0 Å². The molecule has 3 atom stereocenters. The highest BCUT2D eigenvalue weighted by Gasteiger charge is 2.39. The predicted molar refractivity (Wildman–Crippen MR) is 99.0 cm³/mol. The summed E-state index contributed by atoms with van der Waals surface area (Å²) >= 11 is 0. The molecule has 1 amide bonds. The lowest BCUT2D eigenvalue weighted by Gasteiger charge is -2.28. The normalized spacial score (nSPS) is 24.6. The molecule has 1 saturated carbocycles. The molecule has 7 nitrogen and oxygen atoms in total. The molecule has 0 aliphatic heterocycles. The van der Waals surface area contributed by atoms with Gasteiger partial charge in [0.05, 0.1) is 31.0 Å². The first-order chi connectivity index (χ1) is 11.6. The number of alkyl carbamates (subject to hydrolysis) is 1. The average Bonchev–Trinajstić information content (AvgIpc) is 2.70. The summed E-state index contributed by atoms with van der Waals surface area (Å²) in [4.78, 5) is 12.0. The van der Waals surface area contributed by atoms with E-state index in [4.69, 9.17) is 18.9 Å². The lowest BCUT2D eigenvalue weighted by molar-refractivity contribution is -0.225. The van der Waals surface area contributed by atoms with Crippen LogP contribution in [-0.4, -0.2) is 59.7 Å². The first-order valence-corrected chi connectivity index (χ1v) is 9.30. The highest BCUT2D eigenvalue weighted by Crippen LogP contribution is 2.29. The van der Waals surface area contributed by atoms with Crippen molar-refractivity contribution in [2.24, 2.45) is 0 Å². The Balaban J connectivity index is 2.57. The van der Waals surface area contributed by atoms with Crippen LogP contribution in [-0.2, 0) is 18.9 Å². The van der Waals surface area contributed by atoms with Gasteiger partial charge in [-0.2, -0.15) is 0 Å². The van der Waals surface area contributed by atoms with Crippen molar-refractivity contribution in [1.29, 1.82) is 0 Å². The Hall–Kier alpha value is -0.890. The second-order valence-corrected chi connectivity index (χ2v) is 9.29. The fourth-order valence-electron chi connectivity index (χ4n) is 2.77.